The highest BCUT2D eigenvalue weighted by molar-refractivity contribution is 7.19. The summed E-state index contributed by atoms with van der Waals surface area (Å²) in [4.78, 5) is 41.4. The molecule has 0 aliphatic heterocycles. The van der Waals surface area contributed by atoms with Gasteiger partial charge >= 0.3 is 0 Å². The lowest BCUT2D eigenvalue weighted by Crippen LogP contribution is -2.21. The molecule has 0 atom stereocenters. The van der Waals surface area contributed by atoms with E-state index in [1.54, 1.807) is 41.0 Å². The van der Waals surface area contributed by atoms with E-state index < -0.39 is 0 Å². The minimum absolute atomic E-state index is 0.573. The topological polar surface area (TPSA) is 136 Å². The van der Waals surface area contributed by atoms with E-state index in [1.807, 2.05) is 184 Å². The number of nitrogens with zero attached hydrogens (tertiary/aromatic N) is 12. The van der Waals surface area contributed by atoms with E-state index >= 15 is 0 Å². The Hall–Kier alpha value is -16.1. The van der Waals surface area contributed by atoms with E-state index in [9.17, 15) is 0 Å². The summed E-state index contributed by atoms with van der Waals surface area (Å²) >= 11 is 9.41. The van der Waals surface area contributed by atoms with Gasteiger partial charge in [0.05, 0.1) is 26.5 Å². The van der Waals surface area contributed by atoms with Gasteiger partial charge in [-0.3, -0.25) is 4.98 Å². The van der Waals surface area contributed by atoms with E-state index in [-0.39, 0.29) is 0 Å². The van der Waals surface area contributed by atoms with Crippen LogP contribution in [-0.4, -0.2) is 113 Å². The van der Waals surface area contributed by atoms with Crippen molar-refractivity contribution < 1.29 is 13.3 Å². The number of thiazole rings is 2. The van der Waals surface area contributed by atoms with Gasteiger partial charge in [-0.15, -0.1) is 22.7 Å². The average Bonchev–Trinajstić information content (AvgIpc) is 1.65. The van der Waals surface area contributed by atoms with Gasteiger partial charge in [0.25, 0.3) is 0 Å². The third kappa shape index (κ3) is 26.9. The maximum absolute atomic E-state index is 5.94. The summed E-state index contributed by atoms with van der Waals surface area (Å²) < 4.78 is 18.4. The van der Waals surface area contributed by atoms with E-state index in [0.29, 0.717) is 22.7 Å². The van der Waals surface area contributed by atoms with Crippen molar-refractivity contribution in [1.82, 2.24) is 29.9 Å². The maximum Gasteiger partial charge on any atom is 0.220 e. The SMILES string of the molecule is CCN(CC)c1ccc(/C=C/c2nc3c(ccc4ccccc43)s2)cc1.CN(C)c1ccc(/C=C/c2ccccn2)cc1.CN(C)c1ccc(/C=C/c2nc(-c3ccccc3)c(-c3ccccc3)s2)cc1.CN(C)c1ccc(/C=C/c2nc3cc(-c4ccccc4)ccc3o2)cc1.CN(C)c1ccc(/C=C/c2nc3cc(Cl)ccc3o2)cc1.CN(C)c1ccc(/C=C/c2nc3ccccc3o2)cc1. The Morgan fingerprint density at radius 1 is 0.290 bits per heavy atom. The normalized spacial score (nSPS) is 11.3. The van der Waals surface area contributed by atoms with Crippen molar-refractivity contribution in [2.75, 3.05) is 113 Å². The predicted octanol–water partition coefficient (Wildman–Crippen LogP) is 31.0. The quantitative estimate of drug-likeness (QED) is 0.0600. The minimum Gasteiger partial charge on any atom is -0.437 e. The molecule has 138 heavy (non-hydrogen) atoms. The van der Waals surface area contributed by atoms with Crippen LogP contribution in [0.1, 0.15) is 80.6 Å². The Morgan fingerprint density at radius 3 is 1.13 bits per heavy atom. The number of hydrogen-bond donors (Lipinski definition) is 0. The molecule has 0 spiro atoms. The van der Waals surface area contributed by atoms with Crippen LogP contribution in [0.3, 0.4) is 0 Å². The number of benzene rings is 14. The van der Waals surface area contributed by atoms with Crippen LogP contribution in [0.4, 0.5) is 34.1 Å². The molecular formula is C120H111ClN12O3S2. The van der Waals surface area contributed by atoms with Crippen LogP contribution in [-0.2, 0) is 0 Å². The Balaban J connectivity index is 0.000000126. The molecule has 0 aliphatic rings. The van der Waals surface area contributed by atoms with E-state index in [1.165, 1.54) is 82.3 Å². The van der Waals surface area contributed by atoms with E-state index in [4.69, 9.17) is 34.8 Å². The van der Waals surface area contributed by atoms with Crippen molar-refractivity contribution in [1.29, 1.82) is 0 Å². The van der Waals surface area contributed by atoms with Crippen LogP contribution in [0, 0.1) is 0 Å². The number of rotatable bonds is 23. The van der Waals surface area contributed by atoms with Crippen molar-refractivity contribution in [3.8, 4) is 32.8 Å². The fourth-order valence-electron chi connectivity index (χ4n) is 14.8. The number of aromatic nitrogens is 6. The number of para-hydroxylation sites is 2. The van der Waals surface area contributed by atoms with Crippen molar-refractivity contribution in [2.45, 2.75) is 13.8 Å². The molecule has 0 unspecified atom stereocenters. The van der Waals surface area contributed by atoms with Crippen LogP contribution in [0.5, 0.6) is 0 Å². The van der Waals surface area contributed by atoms with Crippen LogP contribution in [0.15, 0.2) is 371 Å². The lowest BCUT2D eigenvalue weighted by atomic mass is 10.1. The molecule has 0 saturated heterocycles. The van der Waals surface area contributed by atoms with E-state index in [2.05, 4.69) is 362 Å². The number of anilines is 6. The first-order valence-corrected chi connectivity index (χ1v) is 47.8. The Morgan fingerprint density at radius 2 is 0.674 bits per heavy atom. The Labute approximate surface area is 822 Å². The van der Waals surface area contributed by atoms with E-state index in [0.717, 1.165) is 101 Å². The second-order valence-electron chi connectivity index (χ2n) is 33.4. The molecule has 14 aromatic carbocycles. The molecule has 20 aromatic rings. The summed E-state index contributed by atoms with van der Waals surface area (Å²) in [5.41, 5.74) is 26.8. The first kappa shape index (κ1) is 96.5. The fourth-order valence-corrected chi connectivity index (χ4v) is 16.9. The summed E-state index contributed by atoms with van der Waals surface area (Å²) in [6.45, 7) is 6.44. The largest absolute Gasteiger partial charge is 0.437 e. The number of halogens is 1. The molecule has 0 saturated carbocycles. The number of fused-ring (bicyclic) bond motifs is 6. The van der Waals surface area contributed by atoms with Crippen LogP contribution >= 0.6 is 34.3 Å². The molecule has 15 nitrogen and oxygen atoms in total. The van der Waals surface area contributed by atoms with Gasteiger partial charge in [0, 0.05) is 158 Å². The van der Waals surface area contributed by atoms with Gasteiger partial charge < -0.3 is 42.7 Å². The van der Waals surface area contributed by atoms with Crippen LogP contribution in [0.25, 0.3) is 160 Å². The number of oxazole rings is 3. The lowest BCUT2D eigenvalue weighted by Gasteiger charge is -2.20. The molecule has 0 aliphatic carbocycles. The Kier molecular flexibility index (Phi) is 33.4. The van der Waals surface area contributed by atoms with Gasteiger partial charge in [-0.25, -0.2) is 24.9 Å². The van der Waals surface area contributed by atoms with Crippen LogP contribution in [0.2, 0.25) is 5.02 Å². The summed E-state index contributed by atoms with van der Waals surface area (Å²) in [6, 6.07) is 120. The zero-order chi connectivity index (χ0) is 96.1. The smallest absolute Gasteiger partial charge is 0.220 e. The summed E-state index contributed by atoms with van der Waals surface area (Å²) in [5, 5.41) is 5.18. The summed E-state index contributed by atoms with van der Waals surface area (Å²) in [5.74, 6) is 1.81. The average molecular weight is 1870 g/mol. The number of pyridine rings is 1. The van der Waals surface area contributed by atoms with Gasteiger partial charge in [0.15, 0.2) is 16.7 Å². The molecule has 0 bridgehead atoms. The molecule has 6 heterocycles. The highest BCUT2D eigenvalue weighted by atomic mass is 35.5. The molecule has 688 valence electrons. The monoisotopic (exact) mass is 1870 g/mol. The van der Waals surface area contributed by atoms with Gasteiger partial charge in [0.1, 0.15) is 26.6 Å². The molecule has 0 fully saturated rings. The third-order valence-corrected chi connectivity index (χ3v) is 24.8. The van der Waals surface area contributed by atoms with Crippen molar-refractivity contribution >= 4 is 196 Å². The van der Waals surface area contributed by atoms with Crippen molar-refractivity contribution in [3.05, 3.63) is 430 Å². The van der Waals surface area contributed by atoms with Crippen LogP contribution < -0.4 is 29.4 Å². The van der Waals surface area contributed by atoms with Crippen molar-refractivity contribution in [3.63, 3.8) is 0 Å². The minimum atomic E-state index is 0.573. The molecule has 0 N–H and O–H groups in total. The maximum atomic E-state index is 5.94. The number of hydrogen-bond acceptors (Lipinski definition) is 17. The molecule has 20 rings (SSSR count). The summed E-state index contributed by atoms with van der Waals surface area (Å²) in [6.07, 6.45) is 26.0. The molecule has 0 radical (unpaired) electrons. The highest BCUT2D eigenvalue weighted by Gasteiger charge is 2.16. The molecule has 18 heteroatoms. The van der Waals surface area contributed by atoms with Gasteiger partial charge in [-0.1, -0.05) is 248 Å². The lowest BCUT2D eigenvalue weighted by molar-refractivity contribution is 0.589. The second kappa shape index (κ2) is 47.7. The first-order chi connectivity index (χ1) is 67.3. The molecule has 0 amide bonds. The van der Waals surface area contributed by atoms with Gasteiger partial charge in [0.2, 0.25) is 17.7 Å². The third-order valence-electron chi connectivity index (χ3n) is 22.5. The first-order valence-electron chi connectivity index (χ1n) is 45.8. The van der Waals surface area contributed by atoms with Gasteiger partial charge in [-0.2, -0.15) is 0 Å². The zero-order valence-corrected chi connectivity index (χ0v) is 82.1. The zero-order valence-electron chi connectivity index (χ0n) is 79.7. The predicted molar refractivity (Wildman–Crippen MR) is 594 cm³/mol. The summed E-state index contributed by atoms with van der Waals surface area (Å²) in [7, 11) is 20.4. The second-order valence-corrected chi connectivity index (χ2v) is 35.9. The molecule has 6 aromatic heterocycles. The van der Waals surface area contributed by atoms with Gasteiger partial charge in [-0.05, 0) is 239 Å². The fraction of sp³-hybridized carbons (Fsp3) is 0.117. The standard InChI is InChI=1S/C25H22N2S.C23H20N2O.C23H22N2S.C17H15ClN2O.C17H16N2O.C15H16N2/c1-27(2)22-16-13-19(14-17-22)15-18-23-26-24(20-9-5-3-6-10-20)25(28-23)21-11-7-4-8-12-21;1-25(2)20-12-8-17(9-13-20)10-15-23-24-21-16-19(11-14-22(21)26-23)18-6-4-3-5-7-18;1-3-25(4-2)19-13-9-17(10-14-19)11-16-22-24-23-20-8-6-5-7-18(20)12-15-21(23)26-22;1-20(2)14-7-3-12(4-8-14)5-10-17-19-15-11-13(18)6-9-16(15)21-17;1-19(2)14-10-7-13(8-11-14)9-12-17-18-15-5-3-4-6-16(15)20-17;1-17(2)15-10-7-13(8-11-15)6-9-14-5-3-4-12-16-14/h3-18H,1-2H3;3-16H,1-2H3;5-16H,3-4H2,1-2H3;3-11H,1-2H3;3-12H,1-2H3;3-12H,1-2H3/b18-15+;15-10+;16-11+;10-5+;12-9+;9-6+. The Bertz CT molecular complexity index is 7380. The molecular weight excluding hydrogens is 1760 g/mol. The highest BCUT2D eigenvalue weighted by Crippen LogP contribution is 2.39. The van der Waals surface area contributed by atoms with Crippen molar-refractivity contribution in [2.24, 2.45) is 0 Å².